The SMILES string of the molecule is CN(CC(=O)Nc1ccccc1Cl)C(=O)c1cccc(S(=O)(=O)Nc2cccc(Cl)c2)c1. The average molecular weight is 492 g/mol. The summed E-state index contributed by atoms with van der Waals surface area (Å²) >= 11 is 11.9. The van der Waals surface area contributed by atoms with E-state index < -0.39 is 21.8 Å². The lowest BCUT2D eigenvalue weighted by molar-refractivity contribution is -0.116. The monoisotopic (exact) mass is 491 g/mol. The Bertz CT molecular complexity index is 1270. The third kappa shape index (κ3) is 6.00. The second-order valence-electron chi connectivity index (χ2n) is 6.83. The molecule has 0 bridgehead atoms. The van der Waals surface area contributed by atoms with Gasteiger partial charge in [0.2, 0.25) is 5.91 Å². The lowest BCUT2D eigenvalue weighted by atomic mass is 10.2. The molecular weight excluding hydrogens is 473 g/mol. The highest BCUT2D eigenvalue weighted by atomic mass is 35.5. The number of sulfonamides is 1. The van der Waals surface area contributed by atoms with E-state index in [0.717, 1.165) is 0 Å². The van der Waals surface area contributed by atoms with Gasteiger partial charge in [0.25, 0.3) is 15.9 Å². The first kappa shape index (κ1) is 23.6. The molecule has 0 aliphatic rings. The molecule has 3 aromatic rings. The molecule has 2 amide bonds. The maximum absolute atomic E-state index is 12.8. The van der Waals surface area contributed by atoms with Gasteiger partial charge in [-0.05, 0) is 48.5 Å². The smallest absolute Gasteiger partial charge is 0.261 e. The molecule has 0 fully saturated rings. The number of nitrogens with one attached hydrogen (secondary N) is 2. The third-order valence-corrected chi connectivity index (χ3v) is 6.29. The van der Waals surface area contributed by atoms with Gasteiger partial charge in [-0.25, -0.2) is 8.42 Å². The van der Waals surface area contributed by atoms with Crippen molar-refractivity contribution in [3.8, 4) is 0 Å². The fraction of sp³-hybridized carbons (Fsp3) is 0.0909. The number of likely N-dealkylation sites (N-methyl/N-ethyl adjacent to an activating group) is 1. The number of anilines is 2. The van der Waals surface area contributed by atoms with Crippen LogP contribution in [0.15, 0.2) is 77.7 Å². The predicted octanol–water partition coefficient (Wildman–Crippen LogP) is 4.50. The third-order valence-electron chi connectivity index (χ3n) is 4.34. The van der Waals surface area contributed by atoms with Gasteiger partial charge in [-0.2, -0.15) is 0 Å². The largest absolute Gasteiger partial charge is 0.332 e. The number of hydrogen-bond donors (Lipinski definition) is 2. The van der Waals surface area contributed by atoms with Crippen LogP contribution in [0.2, 0.25) is 10.0 Å². The van der Waals surface area contributed by atoms with Gasteiger partial charge in [-0.3, -0.25) is 14.3 Å². The average Bonchev–Trinajstić information content (AvgIpc) is 2.74. The number of benzene rings is 3. The van der Waals surface area contributed by atoms with Crippen LogP contribution in [0, 0.1) is 0 Å². The van der Waals surface area contributed by atoms with Gasteiger partial charge in [-0.15, -0.1) is 0 Å². The van der Waals surface area contributed by atoms with Gasteiger partial charge in [0.15, 0.2) is 0 Å². The van der Waals surface area contributed by atoms with Crippen LogP contribution in [-0.2, 0) is 14.8 Å². The Morgan fingerprint density at radius 2 is 1.66 bits per heavy atom. The van der Waals surface area contributed by atoms with Gasteiger partial charge < -0.3 is 10.2 Å². The van der Waals surface area contributed by atoms with Crippen molar-refractivity contribution in [3.63, 3.8) is 0 Å². The van der Waals surface area contributed by atoms with E-state index in [1.807, 2.05) is 0 Å². The zero-order chi connectivity index (χ0) is 23.3. The number of halogens is 2. The summed E-state index contributed by atoms with van der Waals surface area (Å²) in [5.41, 5.74) is 0.842. The molecule has 7 nitrogen and oxygen atoms in total. The van der Waals surface area contributed by atoms with Crippen molar-refractivity contribution in [2.45, 2.75) is 4.90 Å². The van der Waals surface area contributed by atoms with E-state index in [4.69, 9.17) is 23.2 Å². The highest BCUT2D eigenvalue weighted by molar-refractivity contribution is 7.92. The van der Waals surface area contributed by atoms with Crippen molar-refractivity contribution in [2.75, 3.05) is 23.6 Å². The summed E-state index contributed by atoms with van der Waals surface area (Å²) in [6.45, 7) is -0.248. The molecular formula is C22H19Cl2N3O4S. The first-order valence-corrected chi connectivity index (χ1v) is 11.6. The van der Waals surface area contributed by atoms with Gasteiger partial charge in [-0.1, -0.05) is 47.5 Å². The molecule has 2 N–H and O–H groups in total. The molecule has 0 heterocycles. The van der Waals surface area contributed by atoms with Crippen LogP contribution in [0.25, 0.3) is 0 Å². The van der Waals surface area contributed by atoms with Crippen LogP contribution in [-0.4, -0.2) is 38.7 Å². The normalized spacial score (nSPS) is 11.0. The second-order valence-corrected chi connectivity index (χ2v) is 9.36. The summed E-state index contributed by atoms with van der Waals surface area (Å²) in [6, 6.07) is 18.5. The molecule has 0 aliphatic carbocycles. The molecule has 3 rings (SSSR count). The number of hydrogen-bond acceptors (Lipinski definition) is 4. The van der Waals surface area contributed by atoms with E-state index in [1.54, 1.807) is 42.5 Å². The van der Waals surface area contributed by atoms with E-state index in [2.05, 4.69) is 10.0 Å². The maximum atomic E-state index is 12.8. The zero-order valence-corrected chi connectivity index (χ0v) is 19.2. The van der Waals surface area contributed by atoms with Crippen LogP contribution in [0.5, 0.6) is 0 Å². The molecule has 0 aliphatic heterocycles. The Balaban J connectivity index is 1.71. The van der Waals surface area contributed by atoms with Crippen molar-refractivity contribution >= 4 is 56.4 Å². The fourth-order valence-electron chi connectivity index (χ4n) is 2.82. The minimum atomic E-state index is -3.95. The highest BCUT2D eigenvalue weighted by Crippen LogP contribution is 2.22. The van der Waals surface area contributed by atoms with E-state index in [1.165, 1.54) is 42.3 Å². The first-order chi connectivity index (χ1) is 15.2. The minimum Gasteiger partial charge on any atom is -0.332 e. The molecule has 0 unspecified atom stereocenters. The maximum Gasteiger partial charge on any atom is 0.261 e. The molecule has 0 atom stereocenters. The van der Waals surface area contributed by atoms with Crippen LogP contribution in [0.1, 0.15) is 10.4 Å². The molecule has 32 heavy (non-hydrogen) atoms. The molecule has 10 heteroatoms. The van der Waals surface area contributed by atoms with Crippen molar-refractivity contribution in [1.29, 1.82) is 0 Å². The van der Waals surface area contributed by atoms with Crippen LogP contribution < -0.4 is 10.0 Å². The number of nitrogens with zero attached hydrogens (tertiary/aromatic N) is 1. The Kier molecular flexibility index (Phi) is 7.40. The first-order valence-electron chi connectivity index (χ1n) is 9.34. The van der Waals surface area contributed by atoms with Crippen molar-refractivity contribution in [3.05, 3.63) is 88.4 Å². The number of para-hydroxylation sites is 1. The predicted molar refractivity (Wildman–Crippen MR) is 126 cm³/mol. The molecule has 0 spiro atoms. The summed E-state index contributed by atoms with van der Waals surface area (Å²) in [5, 5.41) is 3.39. The van der Waals surface area contributed by atoms with Gasteiger partial charge in [0, 0.05) is 17.6 Å². The molecule has 0 radical (unpaired) electrons. The van der Waals surface area contributed by atoms with E-state index >= 15 is 0 Å². The lowest BCUT2D eigenvalue weighted by Gasteiger charge is -2.18. The van der Waals surface area contributed by atoms with Crippen molar-refractivity contribution in [1.82, 2.24) is 4.90 Å². The van der Waals surface area contributed by atoms with Crippen LogP contribution in [0.3, 0.4) is 0 Å². The Morgan fingerprint density at radius 1 is 0.938 bits per heavy atom. The topological polar surface area (TPSA) is 95.6 Å². The standard InChI is InChI=1S/C22H19Cl2N3O4S/c1-27(14-21(28)25-20-11-3-2-10-19(20)24)22(29)15-6-4-9-18(12-15)32(30,31)26-17-8-5-7-16(23)13-17/h2-13,26H,14H2,1H3,(H,25,28). The number of carbonyl (C=O) groups is 2. The second kappa shape index (κ2) is 10.0. The van der Waals surface area contributed by atoms with Gasteiger partial charge in [0.05, 0.1) is 27.8 Å². The Hall–Kier alpha value is -3.07. The summed E-state index contributed by atoms with van der Waals surface area (Å²) in [5.74, 6) is -0.959. The van der Waals surface area contributed by atoms with E-state index in [-0.39, 0.29) is 17.0 Å². The fourth-order valence-corrected chi connectivity index (χ4v) is 4.29. The number of amides is 2. The van der Waals surface area contributed by atoms with E-state index in [9.17, 15) is 18.0 Å². The molecule has 3 aromatic carbocycles. The molecule has 0 aromatic heterocycles. The Labute approximate surface area is 196 Å². The highest BCUT2D eigenvalue weighted by Gasteiger charge is 2.20. The minimum absolute atomic E-state index is 0.0998. The summed E-state index contributed by atoms with van der Waals surface area (Å²) < 4.78 is 27.9. The zero-order valence-electron chi connectivity index (χ0n) is 16.9. The van der Waals surface area contributed by atoms with Crippen LogP contribution in [0.4, 0.5) is 11.4 Å². The van der Waals surface area contributed by atoms with Gasteiger partial charge >= 0.3 is 0 Å². The summed E-state index contributed by atoms with van der Waals surface area (Å²) in [7, 11) is -2.51. The molecule has 0 saturated heterocycles. The van der Waals surface area contributed by atoms with Crippen molar-refractivity contribution in [2.24, 2.45) is 0 Å². The van der Waals surface area contributed by atoms with E-state index in [0.29, 0.717) is 21.4 Å². The quantitative estimate of drug-likeness (QED) is 0.508. The molecule has 0 saturated carbocycles. The summed E-state index contributed by atoms with van der Waals surface area (Å²) in [4.78, 5) is 26.1. The van der Waals surface area contributed by atoms with Gasteiger partial charge in [0.1, 0.15) is 0 Å². The lowest BCUT2D eigenvalue weighted by Crippen LogP contribution is -2.35. The van der Waals surface area contributed by atoms with Crippen molar-refractivity contribution < 1.29 is 18.0 Å². The molecule has 166 valence electrons. The van der Waals surface area contributed by atoms with Crippen LogP contribution >= 0.6 is 23.2 Å². The number of rotatable bonds is 7. The number of carbonyl (C=O) groups excluding carboxylic acids is 2. The Morgan fingerprint density at radius 3 is 2.38 bits per heavy atom. The summed E-state index contributed by atoms with van der Waals surface area (Å²) in [6.07, 6.45) is 0.